The molecule has 2 aliphatic heterocycles. The number of nitrogens with one attached hydrogen (secondary N) is 1. The monoisotopic (exact) mass is 255 g/mol. The van der Waals surface area contributed by atoms with Gasteiger partial charge in [0.2, 0.25) is 0 Å². The summed E-state index contributed by atoms with van der Waals surface area (Å²) < 4.78 is 5.43. The summed E-state index contributed by atoms with van der Waals surface area (Å²) in [4.78, 5) is 5.26. The van der Waals surface area contributed by atoms with Gasteiger partial charge >= 0.3 is 0 Å². The van der Waals surface area contributed by atoms with Crippen molar-refractivity contribution in [1.29, 1.82) is 0 Å². The van der Waals surface area contributed by atoms with Crippen molar-refractivity contribution in [2.24, 2.45) is 0 Å². The largest absolute Gasteiger partial charge is 0.379 e. The first-order chi connectivity index (χ1) is 8.81. The van der Waals surface area contributed by atoms with Crippen molar-refractivity contribution >= 4 is 0 Å². The number of ether oxygens (including phenoxy) is 1. The highest BCUT2D eigenvalue weighted by molar-refractivity contribution is 4.87. The normalized spacial score (nSPS) is 28.7. The molecule has 0 aromatic rings. The van der Waals surface area contributed by atoms with E-state index >= 15 is 0 Å². The van der Waals surface area contributed by atoms with Crippen LogP contribution in [0.15, 0.2) is 0 Å². The molecule has 0 aromatic heterocycles. The first-order valence-corrected chi connectivity index (χ1v) is 7.57. The van der Waals surface area contributed by atoms with Crippen LogP contribution in [0.25, 0.3) is 0 Å². The van der Waals surface area contributed by atoms with Crippen molar-refractivity contribution in [3.8, 4) is 0 Å². The highest BCUT2D eigenvalue weighted by Crippen LogP contribution is 2.18. The van der Waals surface area contributed by atoms with E-state index in [-0.39, 0.29) is 0 Å². The third-order valence-electron chi connectivity index (χ3n) is 4.25. The van der Waals surface area contributed by atoms with Gasteiger partial charge in [0.1, 0.15) is 0 Å². The van der Waals surface area contributed by atoms with Crippen LogP contribution in [0.2, 0.25) is 0 Å². The van der Waals surface area contributed by atoms with E-state index in [1.165, 1.54) is 25.9 Å². The van der Waals surface area contributed by atoms with Gasteiger partial charge in [-0.1, -0.05) is 6.92 Å². The molecule has 0 aliphatic carbocycles. The maximum atomic E-state index is 5.43. The van der Waals surface area contributed by atoms with Gasteiger partial charge in [0.05, 0.1) is 13.2 Å². The average molecular weight is 255 g/mol. The maximum Gasteiger partial charge on any atom is 0.0594 e. The fourth-order valence-corrected chi connectivity index (χ4v) is 3.03. The summed E-state index contributed by atoms with van der Waals surface area (Å²) >= 11 is 0. The van der Waals surface area contributed by atoms with Crippen LogP contribution in [0.4, 0.5) is 0 Å². The molecule has 1 N–H and O–H groups in total. The van der Waals surface area contributed by atoms with Crippen LogP contribution < -0.4 is 5.32 Å². The summed E-state index contributed by atoms with van der Waals surface area (Å²) in [7, 11) is 0. The fourth-order valence-electron chi connectivity index (χ4n) is 3.03. The van der Waals surface area contributed by atoms with E-state index in [0.717, 1.165) is 45.4 Å². The van der Waals surface area contributed by atoms with E-state index in [0.29, 0.717) is 6.04 Å². The molecular weight excluding hydrogens is 226 g/mol. The summed E-state index contributed by atoms with van der Waals surface area (Å²) in [5.74, 6) is 0. The van der Waals surface area contributed by atoms with Gasteiger partial charge in [-0.15, -0.1) is 0 Å². The van der Waals surface area contributed by atoms with Gasteiger partial charge in [-0.25, -0.2) is 0 Å². The Morgan fingerprint density at radius 3 is 2.78 bits per heavy atom. The van der Waals surface area contributed by atoms with Crippen molar-refractivity contribution < 1.29 is 4.74 Å². The molecule has 2 heterocycles. The topological polar surface area (TPSA) is 27.7 Å². The van der Waals surface area contributed by atoms with E-state index in [9.17, 15) is 0 Å². The minimum Gasteiger partial charge on any atom is -0.379 e. The second-order valence-corrected chi connectivity index (χ2v) is 5.64. The van der Waals surface area contributed by atoms with Crippen molar-refractivity contribution in [1.82, 2.24) is 15.1 Å². The second-order valence-electron chi connectivity index (χ2n) is 5.64. The van der Waals surface area contributed by atoms with Crippen LogP contribution in [0, 0.1) is 0 Å². The number of rotatable bonds is 6. The third-order valence-corrected chi connectivity index (χ3v) is 4.25. The predicted octanol–water partition coefficient (Wildman–Crippen LogP) is 0.781. The molecule has 0 radical (unpaired) electrons. The van der Waals surface area contributed by atoms with E-state index in [1.807, 2.05) is 0 Å². The van der Waals surface area contributed by atoms with E-state index in [2.05, 4.69) is 29.0 Å². The van der Waals surface area contributed by atoms with Crippen LogP contribution in [0.3, 0.4) is 0 Å². The standard InChI is InChI=1S/C14H29N3O/c1-3-5-15-11-13(2)17-6-4-14(12-17)16-7-9-18-10-8-16/h13-15H,3-12H2,1-2H3. The minimum atomic E-state index is 0.669. The van der Waals surface area contributed by atoms with Gasteiger partial charge in [0, 0.05) is 44.8 Å². The zero-order valence-corrected chi connectivity index (χ0v) is 12.0. The van der Waals surface area contributed by atoms with E-state index in [1.54, 1.807) is 0 Å². The van der Waals surface area contributed by atoms with Crippen LogP contribution in [-0.2, 0) is 4.74 Å². The Morgan fingerprint density at radius 2 is 2.06 bits per heavy atom. The van der Waals surface area contributed by atoms with Gasteiger partial charge in [-0.3, -0.25) is 9.80 Å². The average Bonchev–Trinajstić information content (AvgIpc) is 2.89. The molecule has 106 valence electrons. The SMILES string of the molecule is CCCNCC(C)N1CCC(N2CCOCC2)C1. The third kappa shape index (κ3) is 3.92. The fraction of sp³-hybridized carbons (Fsp3) is 1.00. The lowest BCUT2D eigenvalue weighted by Gasteiger charge is -2.33. The Hall–Kier alpha value is -0.160. The van der Waals surface area contributed by atoms with Gasteiger partial charge in [-0.2, -0.15) is 0 Å². The lowest BCUT2D eigenvalue weighted by Crippen LogP contribution is -2.46. The lowest BCUT2D eigenvalue weighted by molar-refractivity contribution is 0.0178. The zero-order valence-electron chi connectivity index (χ0n) is 12.0. The van der Waals surface area contributed by atoms with Gasteiger partial charge in [0.15, 0.2) is 0 Å². The molecular formula is C14H29N3O. The molecule has 2 unspecified atom stereocenters. The van der Waals surface area contributed by atoms with Crippen molar-refractivity contribution in [3.63, 3.8) is 0 Å². The summed E-state index contributed by atoms with van der Waals surface area (Å²) in [5.41, 5.74) is 0. The van der Waals surface area contributed by atoms with E-state index < -0.39 is 0 Å². The highest BCUT2D eigenvalue weighted by atomic mass is 16.5. The predicted molar refractivity (Wildman–Crippen MR) is 75.0 cm³/mol. The number of hydrogen-bond acceptors (Lipinski definition) is 4. The smallest absolute Gasteiger partial charge is 0.0594 e. The van der Waals surface area contributed by atoms with Crippen molar-refractivity contribution in [2.45, 2.75) is 38.8 Å². The van der Waals surface area contributed by atoms with Crippen molar-refractivity contribution in [3.05, 3.63) is 0 Å². The molecule has 4 nitrogen and oxygen atoms in total. The number of morpholine rings is 1. The van der Waals surface area contributed by atoms with Gasteiger partial charge in [0.25, 0.3) is 0 Å². The molecule has 2 rings (SSSR count). The van der Waals surface area contributed by atoms with Crippen molar-refractivity contribution in [2.75, 3.05) is 52.5 Å². The molecule has 0 saturated carbocycles. The minimum absolute atomic E-state index is 0.669. The van der Waals surface area contributed by atoms with Crippen LogP contribution in [0.5, 0.6) is 0 Å². The van der Waals surface area contributed by atoms with E-state index in [4.69, 9.17) is 4.74 Å². The molecule has 2 saturated heterocycles. The Morgan fingerprint density at radius 1 is 1.28 bits per heavy atom. The lowest BCUT2D eigenvalue weighted by atomic mass is 10.2. The Kier molecular flexibility index (Phi) is 5.89. The Balaban J connectivity index is 1.69. The first kappa shape index (κ1) is 14.3. The summed E-state index contributed by atoms with van der Waals surface area (Å²) in [5, 5.41) is 3.53. The number of nitrogens with zero attached hydrogens (tertiary/aromatic N) is 2. The molecule has 2 aliphatic rings. The van der Waals surface area contributed by atoms with Gasteiger partial charge in [-0.05, 0) is 26.3 Å². The quantitative estimate of drug-likeness (QED) is 0.710. The van der Waals surface area contributed by atoms with Crippen LogP contribution >= 0.6 is 0 Å². The Bertz CT molecular complexity index is 231. The van der Waals surface area contributed by atoms with Crippen LogP contribution in [0.1, 0.15) is 26.7 Å². The van der Waals surface area contributed by atoms with Gasteiger partial charge < -0.3 is 10.1 Å². The highest BCUT2D eigenvalue weighted by Gasteiger charge is 2.30. The zero-order chi connectivity index (χ0) is 12.8. The van der Waals surface area contributed by atoms with Crippen LogP contribution in [-0.4, -0.2) is 74.4 Å². The number of hydrogen-bond donors (Lipinski definition) is 1. The summed E-state index contributed by atoms with van der Waals surface area (Å²) in [6.07, 6.45) is 2.56. The molecule has 0 spiro atoms. The number of likely N-dealkylation sites (tertiary alicyclic amines) is 1. The molecule has 18 heavy (non-hydrogen) atoms. The second kappa shape index (κ2) is 7.43. The summed E-state index contributed by atoms with van der Waals surface area (Å²) in [6, 6.07) is 1.44. The molecule has 0 aromatic carbocycles. The molecule has 0 amide bonds. The maximum absolute atomic E-state index is 5.43. The first-order valence-electron chi connectivity index (χ1n) is 7.57. The molecule has 2 fully saturated rings. The summed E-state index contributed by atoms with van der Waals surface area (Å²) in [6.45, 7) is 13.4. The molecule has 2 atom stereocenters. The molecule has 4 heteroatoms. The molecule has 0 bridgehead atoms. The Labute approximate surface area is 112 Å².